The van der Waals surface area contributed by atoms with Gasteiger partial charge >= 0.3 is 0 Å². The molecule has 1 unspecified atom stereocenters. The highest BCUT2D eigenvalue weighted by atomic mass is 16.1. The first-order chi connectivity index (χ1) is 5.57. The fourth-order valence-corrected chi connectivity index (χ4v) is 0.994. The summed E-state index contributed by atoms with van der Waals surface area (Å²) in [5, 5.41) is 0. The maximum absolute atomic E-state index is 11.3. The fraction of sp³-hybridized carbons (Fsp3) is 0.700. The Morgan fingerprint density at radius 2 is 2.08 bits per heavy atom. The van der Waals surface area contributed by atoms with E-state index in [9.17, 15) is 4.79 Å². The summed E-state index contributed by atoms with van der Waals surface area (Å²) in [4.78, 5) is 11.3. The molecule has 1 atom stereocenters. The lowest BCUT2D eigenvalue weighted by Crippen LogP contribution is -2.15. The first-order valence-electron chi connectivity index (χ1n) is 4.45. The lowest BCUT2D eigenvalue weighted by Gasteiger charge is -2.07. The summed E-state index contributed by atoms with van der Waals surface area (Å²) in [6.07, 6.45) is 2.24. The third kappa shape index (κ3) is 5.08. The first kappa shape index (κ1) is 11.4. The van der Waals surface area contributed by atoms with Gasteiger partial charge in [-0.15, -0.1) is 6.58 Å². The molecular formula is C10H19NO. The van der Waals surface area contributed by atoms with E-state index in [1.165, 1.54) is 0 Å². The molecule has 0 spiro atoms. The highest BCUT2D eigenvalue weighted by Gasteiger charge is 2.10. The van der Waals surface area contributed by atoms with Crippen molar-refractivity contribution in [3.8, 4) is 0 Å². The van der Waals surface area contributed by atoms with Gasteiger partial charge in [0.2, 0.25) is 0 Å². The van der Waals surface area contributed by atoms with Gasteiger partial charge in [-0.1, -0.05) is 12.5 Å². The molecule has 12 heavy (non-hydrogen) atoms. The molecule has 0 aliphatic heterocycles. The lowest BCUT2D eigenvalue weighted by atomic mass is 9.98. The van der Waals surface area contributed by atoms with Crippen LogP contribution in [0.2, 0.25) is 0 Å². The van der Waals surface area contributed by atoms with Crippen molar-refractivity contribution in [2.24, 2.45) is 11.7 Å². The number of hydrogen-bond acceptors (Lipinski definition) is 2. The Bertz CT molecular complexity index is 163. The number of Topliss-reactive ketones (excluding diaryl/α,β-unsaturated/α-hetero) is 1. The SMILES string of the molecule is C=C(C)CCC(=O)C(C)CCN. The van der Waals surface area contributed by atoms with Crippen LogP contribution >= 0.6 is 0 Å². The zero-order chi connectivity index (χ0) is 9.56. The van der Waals surface area contributed by atoms with Gasteiger partial charge in [0.1, 0.15) is 5.78 Å². The van der Waals surface area contributed by atoms with Crippen LogP contribution < -0.4 is 5.73 Å². The van der Waals surface area contributed by atoms with Crippen molar-refractivity contribution < 1.29 is 4.79 Å². The Morgan fingerprint density at radius 3 is 2.50 bits per heavy atom. The molecule has 0 heterocycles. The van der Waals surface area contributed by atoms with E-state index in [1.54, 1.807) is 0 Å². The van der Waals surface area contributed by atoms with Gasteiger partial charge in [-0.05, 0) is 26.3 Å². The van der Waals surface area contributed by atoms with E-state index in [4.69, 9.17) is 5.73 Å². The number of ketones is 1. The standard InChI is InChI=1S/C10H19NO/c1-8(2)4-5-10(12)9(3)6-7-11/h9H,1,4-7,11H2,2-3H3. The predicted molar refractivity (Wildman–Crippen MR) is 51.9 cm³/mol. The molecule has 0 fully saturated rings. The van der Waals surface area contributed by atoms with Crippen LogP contribution in [-0.4, -0.2) is 12.3 Å². The lowest BCUT2D eigenvalue weighted by molar-refractivity contribution is -0.122. The Balaban J connectivity index is 3.64. The maximum atomic E-state index is 11.3. The van der Waals surface area contributed by atoms with Crippen molar-refractivity contribution >= 4 is 5.78 Å². The van der Waals surface area contributed by atoms with Crippen LogP contribution in [0, 0.1) is 5.92 Å². The fourth-order valence-electron chi connectivity index (χ4n) is 0.994. The smallest absolute Gasteiger partial charge is 0.136 e. The van der Waals surface area contributed by atoms with E-state index in [0.29, 0.717) is 18.7 Å². The van der Waals surface area contributed by atoms with Gasteiger partial charge in [-0.3, -0.25) is 4.79 Å². The molecule has 0 saturated carbocycles. The van der Waals surface area contributed by atoms with Gasteiger partial charge in [-0.2, -0.15) is 0 Å². The molecule has 0 saturated heterocycles. The molecule has 0 bridgehead atoms. The largest absolute Gasteiger partial charge is 0.330 e. The van der Waals surface area contributed by atoms with Gasteiger partial charge in [-0.25, -0.2) is 0 Å². The van der Waals surface area contributed by atoms with Crippen LogP contribution in [0.25, 0.3) is 0 Å². The topological polar surface area (TPSA) is 43.1 Å². The number of carbonyl (C=O) groups is 1. The second kappa shape index (κ2) is 5.95. The van der Waals surface area contributed by atoms with Gasteiger partial charge in [0.15, 0.2) is 0 Å². The molecule has 0 rings (SSSR count). The quantitative estimate of drug-likeness (QED) is 0.617. The van der Waals surface area contributed by atoms with E-state index in [-0.39, 0.29) is 5.92 Å². The minimum atomic E-state index is 0.120. The Labute approximate surface area is 74.8 Å². The summed E-state index contributed by atoms with van der Waals surface area (Å²) in [5.74, 6) is 0.429. The summed E-state index contributed by atoms with van der Waals surface area (Å²) in [7, 11) is 0. The average Bonchev–Trinajstić information content (AvgIpc) is 2.00. The highest BCUT2D eigenvalue weighted by molar-refractivity contribution is 5.80. The molecule has 2 N–H and O–H groups in total. The van der Waals surface area contributed by atoms with E-state index >= 15 is 0 Å². The zero-order valence-electron chi connectivity index (χ0n) is 8.10. The van der Waals surface area contributed by atoms with Gasteiger partial charge in [0, 0.05) is 12.3 Å². The molecule has 0 radical (unpaired) electrons. The van der Waals surface area contributed by atoms with Gasteiger partial charge in [0.25, 0.3) is 0 Å². The van der Waals surface area contributed by atoms with Crippen LogP contribution in [0.5, 0.6) is 0 Å². The van der Waals surface area contributed by atoms with Crippen LogP contribution in [0.1, 0.15) is 33.1 Å². The molecule has 2 nitrogen and oxygen atoms in total. The van der Waals surface area contributed by atoms with Crippen LogP contribution in [0.4, 0.5) is 0 Å². The average molecular weight is 169 g/mol. The molecule has 0 aliphatic carbocycles. The molecule has 70 valence electrons. The molecule has 0 aromatic carbocycles. The highest BCUT2D eigenvalue weighted by Crippen LogP contribution is 2.09. The van der Waals surface area contributed by atoms with Gasteiger partial charge < -0.3 is 5.73 Å². The van der Waals surface area contributed by atoms with E-state index in [0.717, 1.165) is 18.4 Å². The number of rotatable bonds is 6. The van der Waals surface area contributed by atoms with Crippen molar-refractivity contribution in [2.75, 3.05) is 6.54 Å². The van der Waals surface area contributed by atoms with Crippen LogP contribution in [-0.2, 0) is 4.79 Å². The number of carbonyl (C=O) groups excluding carboxylic acids is 1. The van der Waals surface area contributed by atoms with Crippen molar-refractivity contribution in [1.82, 2.24) is 0 Å². The molecule has 0 aliphatic rings. The monoisotopic (exact) mass is 169 g/mol. The Kier molecular flexibility index (Phi) is 5.64. The number of nitrogens with two attached hydrogens (primary N) is 1. The summed E-state index contributed by atoms with van der Waals surface area (Å²) < 4.78 is 0. The van der Waals surface area contributed by atoms with E-state index in [2.05, 4.69) is 6.58 Å². The van der Waals surface area contributed by atoms with Crippen LogP contribution in [0.15, 0.2) is 12.2 Å². The third-order valence-corrected chi connectivity index (χ3v) is 1.95. The second-order valence-corrected chi connectivity index (χ2v) is 3.40. The third-order valence-electron chi connectivity index (χ3n) is 1.95. The number of allylic oxidation sites excluding steroid dienone is 1. The second-order valence-electron chi connectivity index (χ2n) is 3.40. The summed E-state index contributed by atoms with van der Waals surface area (Å²) >= 11 is 0. The molecule has 0 amide bonds. The predicted octanol–water partition coefficient (Wildman–Crippen LogP) is 1.90. The summed E-state index contributed by atoms with van der Waals surface area (Å²) in [5.41, 5.74) is 6.43. The molecule has 0 aromatic heterocycles. The summed E-state index contributed by atoms with van der Waals surface area (Å²) in [6, 6.07) is 0. The molecule has 2 heteroatoms. The molecule has 0 aromatic rings. The maximum Gasteiger partial charge on any atom is 0.136 e. The van der Waals surface area contributed by atoms with Gasteiger partial charge in [0.05, 0.1) is 0 Å². The molecular weight excluding hydrogens is 150 g/mol. The van der Waals surface area contributed by atoms with Crippen molar-refractivity contribution in [3.63, 3.8) is 0 Å². The zero-order valence-corrected chi connectivity index (χ0v) is 8.10. The van der Waals surface area contributed by atoms with E-state index < -0.39 is 0 Å². The number of hydrogen-bond donors (Lipinski definition) is 1. The minimum Gasteiger partial charge on any atom is -0.330 e. The van der Waals surface area contributed by atoms with Crippen LogP contribution in [0.3, 0.4) is 0 Å². The van der Waals surface area contributed by atoms with Crippen molar-refractivity contribution in [1.29, 1.82) is 0 Å². The first-order valence-corrected chi connectivity index (χ1v) is 4.45. The van der Waals surface area contributed by atoms with Crippen molar-refractivity contribution in [3.05, 3.63) is 12.2 Å². The van der Waals surface area contributed by atoms with Crippen molar-refractivity contribution in [2.45, 2.75) is 33.1 Å². The van der Waals surface area contributed by atoms with E-state index in [1.807, 2.05) is 13.8 Å². The summed E-state index contributed by atoms with van der Waals surface area (Å²) in [6.45, 7) is 8.24. The minimum absolute atomic E-state index is 0.120. The Morgan fingerprint density at radius 1 is 1.50 bits per heavy atom. The Hall–Kier alpha value is -0.630. The normalized spacial score (nSPS) is 12.6.